The van der Waals surface area contributed by atoms with E-state index in [4.69, 9.17) is 16.3 Å². The molecule has 1 heterocycles. The van der Waals surface area contributed by atoms with Gasteiger partial charge in [0.15, 0.2) is 0 Å². The maximum absolute atomic E-state index is 11.9. The molecule has 0 radical (unpaired) electrons. The van der Waals surface area contributed by atoms with Crippen LogP contribution < -0.4 is 4.72 Å². The number of aromatic nitrogens is 1. The highest BCUT2D eigenvalue weighted by Gasteiger charge is 2.14. The summed E-state index contributed by atoms with van der Waals surface area (Å²) in [5.41, 5.74) is 0. The minimum absolute atomic E-state index is 0.118. The quantitative estimate of drug-likeness (QED) is 0.712. The average molecular weight is 308 g/mol. The van der Waals surface area contributed by atoms with Gasteiger partial charge in [-0.2, -0.15) is 0 Å². The summed E-state index contributed by atoms with van der Waals surface area (Å²) >= 11 is 5.67. The van der Waals surface area contributed by atoms with E-state index in [1.54, 1.807) is 7.11 Å². The van der Waals surface area contributed by atoms with E-state index in [2.05, 4.69) is 9.71 Å². The first-order valence-electron chi connectivity index (χ1n) is 5.74. The Bertz CT molecular complexity index is 496. The van der Waals surface area contributed by atoms with Crippen LogP contribution >= 0.6 is 11.6 Å². The third-order valence-electron chi connectivity index (χ3n) is 2.47. The Morgan fingerprint density at radius 2 is 2.21 bits per heavy atom. The molecule has 0 atom stereocenters. The molecule has 1 aromatic rings. The highest BCUT2D eigenvalue weighted by atomic mass is 35.5. The van der Waals surface area contributed by atoms with Crippen LogP contribution in [0.25, 0.3) is 0 Å². The number of hydrogen-bond acceptors (Lipinski definition) is 5. The number of sulfonamides is 1. The molecule has 1 aromatic heterocycles. The summed E-state index contributed by atoms with van der Waals surface area (Å²) in [5.74, 6) is 0. The van der Waals surface area contributed by atoms with Crippen molar-refractivity contribution in [3.63, 3.8) is 0 Å². The molecule has 8 heteroatoms. The van der Waals surface area contributed by atoms with E-state index in [9.17, 15) is 8.42 Å². The van der Waals surface area contributed by atoms with Gasteiger partial charge in [0.25, 0.3) is 0 Å². The first-order chi connectivity index (χ1) is 8.95. The molecule has 108 valence electrons. The van der Waals surface area contributed by atoms with Crippen LogP contribution in [-0.2, 0) is 14.8 Å². The average Bonchev–Trinajstić information content (AvgIpc) is 2.36. The molecular formula is C11H18ClN3O3S. The molecule has 0 saturated heterocycles. The van der Waals surface area contributed by atoms with E-state index in [0.717, 1.165) is 6.54 Å². The number of pyridine rings is 1. The Morgan fingerprint density at radius 3 is 2.84 bits per heavy atom. The largest absolute Gasteiger partial charge is 0.383 e. The molecule has 1 rings (SSSR count). The first-order valence-corrected chi connectivity index (χ1v) is 7.60. The molecule has 0 aliphatic heterocycles. The zero-order valence-corrected chi connectivity index (χ0v) is 12.5. The van der Waals surface area contributed by atoms with E-state index in [0.29, 0.717) is 19.7 Å². The predicted octanol–water partition coefficient (Wildman–Crippen LogP) is 0.592. The van der Waals surface area contributed by atoms with E-state index in [1.165, 1.54) is 18.3 Å². The van der Waals surface area contributed by atoms with Crippen molar-refractivity contribution in [1.29, 1.82) is 0 Å². The second-order valence-corrected chi connectivity index (χ2v) is 6.16. The fourth-order valence-corrected chi connectivity index (χ4v) is 2.64. The number of nitrogens with zero attached hydrogens (tertiary/aromatic N) is 2. The maximum Gasteiger partial charge on any atom is 0.240 e. The van der Waals surface area contributed by atoms with Crippen LogP contribution in [0.5, 0.6) is 0 Å². The molecule has 0 bridgehead atoms. The molecule has 1 N–H and O–H groups in total. The Balaban J connectivity index is 2.48. The highest BCUT2D eigenvalue weighted by molar-refractivity contribution is 7.89. The van der Waals surface area contributed by atoms with E-state index in [1.807, 2.05) is 11.9 Å². The van der Waals surface area contributed by atoms with Gasteiger partial charge in [0.2, 0.25) is 10.0 Å². The van der Waals surface area contributed by atoms with Gasteiger partial charge >= 0.3 is 0 Å². The van der Waals surface area contributed by atoms with Gasteiger partial charge in [-0.3, -0.25) is 0 Å². The predicted molar refractivity (Wildman–Crippen MR) is 73.8 cm³/mol. The van der Waals surface area contributed by atoms with E-state index in [-0.39, 0.29) is 10.0 Å². The van der Waals surface area contributed by atoms with Gasteiger partial charge in [0.05, 0.1) is 11.5 Å². The second-order valence-electron chi connectivity index (χ2n) is 4.01. The van der Waals surface area contributed by atoms with Crippen molar-refractivity contribution >= 4 is 21.6 Å². The summed E-state index contributed by atoms with van der Waals surface area (Å²) in [4.78, 5) is 5.84. The number of halogens is 1. The lowest BCUT2D eigenvalue weighted by molar-refractivity contribution is 0.162. The number of ether oxygens (including phenoxy) is 1. The molecular weight excluding hydrogens is 290 g/mol. The monoisotopic (exact) mass is 307 g/mol. The third kappa shape index (κ3) is 5.84. The summed E-state index contributed by atoms with van der Waals surface area (Å²) in [6, 6.07) is 2.72. The van der Waals surface area contributed by atoms with Crippen LogP contribution in [-0.4, -0.2) is 58.7 Å². The summed E-state index contributed by atoms with van der Waals surface area (Å²) in [5, 5.41) is 0.153. The van der Waals surface area contributed by atoms with E-state index < -0.39 is 10.0 Å². The Morgan fingerprint density at radius 1 is 1.47 bits per heavy atom. The standard InChI is InChI=1S/C11H18ClN3O3S/c1-15(7-8-18-2)6-5-14-19(16,17)10-3-4-13-11(12)9-10/h3-4,9,14H,5-8H2,1-2H3. The molecule has 0 unspecified atom stereocenters. The lowest BCUT2D eigenvalue weighted by Crippen LogP contribution is -2.34. The fourth-order valence-electron chi connectivity index (χ4n) is 1.36. The molecule has 0 amide bonds. The van der Waals surface area contributed by atoms with Gasteiger partial charge in [-0.25, -0.2) is 18.1 Å². The molecule has 0 aliphatic carbocycles. The zero-order chi connectivity index (χ0) is 14.3. The Labute approximate surface area is 118 Å². The van der Waals surface area contributed by atoms with Crippen molar-refractivity contribution < 1.29 is 13.2 Å². The van der Waals surface area contributed by atoms with Gasteiger partial charge in [0, 0.05) is 32.9 Å². The number of hydrogen-bond donors (Lipinski definition) is 1. The molecule has 0 fully saturated rings. The molecule has 0 aromatic carbocycles. The van der Waals surface area contributed by atoms with Gasteiger partial charge in [-0.05, 0) is 19.2 Å². The van der Waals surface area contributed by atoms with Crippen LogP contribution in [0.3, 0.4) is 0 Å². The van der Waals surface area contributed by atoms with Crippen LogP contribution in [0.1, 0.15) is 0 Å². The van der Waals surface area contributed by atoms with Crippen LogP contribution in [0.2, 0.25) is 5.15 Å². The van der Waals surface area contributed by atoms with Crippen molar-refractivity contribution in [2.24, 2.45) is 0 Å². The SMILES string of the molecule is COCCN(C)CCNS(=O)(=O)c1ccnc(Cl)c1. The summed E-state index contributed by atoms with van der Waals surface area (Å²) in [6.45, 7) is 2.28. The van der Waals surface area contributed by atoms with Crippen molar-refractivity contribution in [1.82, 2.24) is 14.6 Å². The minimum Gasteiger partial charge on any atom is -0.383 e. The van der Waals surface area contributed by atoms with Crippen molar-refractivity contribution in [3.05, 3.63) is 23.5 Å². The maximum atomic E-state index is 11.9. The first kappa shape index (κ1) is 16.3. The number of nitrogens with one attached hydrogen (secondary N) is 1. The van der Waals surface area contributed by atoms with Crippen molar-refractivity contribution in [2.75, 3.05) is 40.4 Å². The highest BCUT2D eigenvalue weighted by Crippen LogP contribution is 2.12. The molecule has 0 saturated carbocycles. The van der Waals surface area contributed by atoms with Crippen molar-refractivity contribution in [3.8, 4) is 0 Å². The second kappa shape index (κ2) is 7.76. The van der Waals surface area contributed by atoms with Crippen molar-refractivity contribution in [2.45, 2.75) is 4.90 Å². The lowest BCUT2D eigenvalue weighted by atomic mass is 10.5. The fraction of sp³-hybridized carbons (Fsp3) is 0.545. The summed E-state index contributed by atoms with van der Waals surface area (Å²) in [6.07, 6.45) is 1.36. The number of likely N-dealkylation sites (N-methyl/N-ethyl adjacent to an activating group) is 1. The third-order valence-corrected chi connectivity index (χ3v) is 4.14. The van der Waals surface area contributed by atoms with Crippen LogP contribution in [0.15, 0.2) is 23.2 Å². The molecule has 19 heavy (non-hydrogen) atoms. The number of rotatable bonds is 8. The van der Waals surface area contributed by atoms with Gasteiger partial charge < -0.3 is 9.64 Å². The van der Waals surface area contributed by atoms with Gasteiger partial charge in [0.1, 0.15) is 5.15 Å². The number of methoxy groups -OCH3 is 1. The van der Waals surface area contributed by atoms with Gasteiger partial charge in [-0.1, -0.05) is 11.6 Å². The Kier molecular flexibility index (Phi) is 6.67. The normalized spacial score (nSPS) is 12.0. The lowest BCUT2D eigenvalue weighted by Gasteiger charge is -2.16. The van der Waals surface area contributed by atoms with E-state index >= 15 is 0 Å². The molecule has 0 spiro atoms. The minimum atomic E-state index is -3.53. The smallest absolute Gasteiger partial charge is 0.240 e. The Hall–Kier alpha value is -0.730. The van der Waals surface area contributed by atoms with Crippen LogP contribution in [0, 0.1) is 0 Å². The van der Waals surface area contributed by atoms with Crippen LogP contribution in [0.4, 0.5) is 0 Å². The zero-order valence-electron chi connectivity index (χ0n) is 11.0. The molecule has 6 nitrogen and oxygen atoms in total. The topological polar surface area (TPSA) is 71.5 Å². The summed E-state index contributed by atoms with van der Waals surface area (Å²) in [7, 11) is -0.00319. The summed E-state index contributed by atoms with van der Waals surface area (Å²) < 4.78 is 31.3. The molecule has 0 aliphatic rings. The van der Waals surface area contributed by atoms with Gasteiger partial charge in [-0.15, -0.1) is 0 Å².